The molecule has 5 heteroatoms. The molecule has 0 saturated heterocycles. The summed E-state index contributed by atoms with van der Waals surface area (Å²) in [7, 11) is 0. The Hall–Kier alpha value is -1.88. The average molecular weight is 315 g/mol. The number of nitrogens with zero attached hydrogens (tertiary/aromatic N) is 3. The van der Waals surface area contributed by atoms with Gasteiger partial charge in [0.15, 0.2) is 11.0 Å². The average Bonchev–Trinajstić information content (AvgIpc) is 2.87. The van der Waals surface area contributed by atoms with Crippen molar-refractivity contribution in [3.63, 3.8) is 0 Å². The maximum atomic E-state index is 11.0. The van der Waals surface area contributed by atoms with Gasteiger partial charge in [0.1, 0.15) is 5.78 Å². The number of rotatable bonds is 8. The van der Waals surface area contributed by atoms with Gasteiger partial charge >= 0.3 is 0 Å². The summed E-state index contributed by atoms with van der Waals surface area (Å²) in [4.78, 5) is 11.0. The van der Waals surface area contributed by atoms with Crippen LogP contribution < -0.4 is 0 Å². The van der Waals surface area contributed by atoms with E-state index in [2.05, 4.69) is 40.4 Å². The van der Waals surface area contributed by atoms with Gasteiger partial charge in [-0.3, -0.25) is 4.57 Å². The fraction of sp³-hybridized carbons (Fsp3) is 0.353. The molecule has 0 spiro atoms. The van der Waals surface area contributed by atoms with Crippen molar-refractivity contribution in [2.45, 2.75) is 38.4 Å². The highest BCUT2D eigenvalue weighted by Crippen LogP contribution is 2.25. The van der Waals surface area contributed by atoms with Crippen LogP contribution in [0.1, 0.15) is 25.3 Å². The van der Waals surface area contributed by atoms with E-state index in [9.17, 15) is 4.79 Å². The van der Waals surface area contributed by atoms with E-state index in [4.69, 9.17) is 0 Å². The molecule has 0 unspecified atom stereocenters. The zero-order chi connectivity index (χ0) is 15.9. The summed E-state index contributed by atoms with van der Waals surface area (Å²) in [6.45, 7) is 8.18. The number of hydrogen-bond acceptors (Lipinski definition) is 4. The van der Waals surface area contributed by atoms with Crippen LogP contribution in [0.25, 0.3) is 11.4 Å². The molecule has 0 saturated carbocycles. The first-order chi connectivity index (χ1) is 10.6. The summed E-state index contributed by atoms with van der Waals surface area (Å²) in [5.74, 6) is 1.95. The zero-order valence-electron chi connectivity index (χ0n) is 13.1. The minimum atomic E-state index is 0.230. The molecule has 4 nitrogen and oxygen atoms in total. The standard InChI is InChI=1S/C17H21N3OS/c1-4-10-20-16(15-9-5-7-13(2)12-15)18-19-17(20)22-11-6-8-14(3)21/h4-5,7,9,12H,1,6,8,10-11H2,2-3H3. The van der Waals surface area contributed by atoms with Crippen LogP contribution in [0, 0.1) is 6.92 Å². The van der Waals surface area contributed by atoms with Gasteiger partial charge in [-0.05, 0) is 26.3 Å². The van der Waals surface area contributed by atoms with Crippen molar-refractivity contribution < 1.29 is 4.79 Å². The molecule has 0 aliphatic carbocycles. The Morgan fingerprint density at radius 1 is 1.41 bits per heavy atom. The fourth-order valence-corrected chi connectivity index (χ4v) is 3.06. The van der Waals surface area contributed by atoms with Gasteiger partial charge in [0.25, 0.3) is 0 Å². The largest absolute Gasteiger partial charge is 0.300 e. The van der Waals surface area contributed by atoms with Gasteiger partial charge in [0.05, 0.1) is 0 Å². The van der Waals surface area contributed by atoms with Gasteiger partial charge in [-0.1, -0.05) is 41.6 Å². The molecule has 116 valence electrons. The maximum Gasteiger partial charge on any atom is 0.191 e. The molecule has 2 rings (SSSR count). The molecule has 0 amide bonds. The smallest absolute Gasteiger partial charge is 0.191 e. The minimum absolute atomic E-state index is 0.230. The van der Waals surface area contributed by atoms with Crippen molar-refractivity contribution in [1.82, 2.24) is 14.8 Å². The highest BCUT2D eigenvalue weighted by Gasteiger charge is 2.13. The quantitative estimate of drug-likeness (QED) is 0.421. The first kappa shape index (κ1) is 16.5. The molecule has 0 atom stereocenters. The summed E-state index contributed by atoms with van der Waals surface area (Å²) >= 11 is 1.64. The molecule has 0 fully saturated rings. The number of hydrogen-bond donors (Lipinski definition) is 0. The highest BCUT2D eigenvalue weighted by atomic mass is 32.2. The van der Waals surface area contributed by atoms with Crippen molar-refractivity contribution in [2.75, 3.05) is 5.75 Å². The molecular weight excluding hydrogens is 294 g/mol. The number of carbonyl (C=O) groups is 1. The van der Waals surface area contributed by atoms with Gasteiger partial charge in [-0.25, -0.2) is 0 Å². The summed E-state index contributed by atoms with van der Waals surface area (Å²) in [5.41, 5.74) is 2.26. The number of benzene rings is 1. The van der Waals surface area contributed by atoms with Gasteiger partial charge in [0.2, 0.25) is 0 Å². The van der Waals surface area contributed by atoms with Crippen LogP contribution in [0.5, 0.6) is 0 Å². The van der Waals surface area contributed by atoms with Gasteiger partial charge in [0, 0.05) is 24.3 Å². The van der Waals surface area contributed by atoms with Crippen LogP contribution in [0.4, 0.5) is 0 Å². The van der Waals surface area contributed by atoms with Gasteiger partial charge in [-0.15, -0.1) is 16.8 Å². The minimum Gasteiger partial charge on any atom is -0.300 e. The molecule has 1 aromatic carbocycles. The van der Waals surface area contributed by atoms with E-state index in [0.717, 1.165) is 28.7 Å². The molecule has 0 N–H and O–H groups in total. The van der Waals surface area contributed by atoms with E-state index in [1.54, 1.807) is 18.7 Å². The summed E-state index contributed by atoms with van der Waals surface area (Å²) in [6, 6.07) is 8.24. The lowest BCUT2D eigenvalue weighted by Crippen LogP contribution is -2.01. The normalized spacial score (nSPS) is 10.6. The van der Waals surface area contributed by atoms with E-state index in [1.165, 1.54) is 5.56 Å². The molecule has 22 heavy (non-hydrogen) atoms. The summed E-state index contributed by atoms with van der Waals surface area (Å²) in [6.07, 6.45) is 3.33. The Kier molecular flexibility index (Phi) is 5.95. The fourth-order valence-electron chi connectivity index (χ4n) is 2.17. The monoisotopic (exact) mass is 315 g/mol. The second-order valence-corrected chi connectivity index (χ2v) is 6.29. The van der Waals surface area contributed by atoms with Crippen molar-refractivity contribution in [2.24, 2.45) is 0 Å². The van der Waals surface area contributed by atoms with Crippen LogP contribution in [0.2, 0.25) is 0 Å². The Labute approximate surface area is 135 Å². The Bertz CT molecular complexity index is 664. The Morgan fingerprint density at radius 3 is 2.91 bits per heavy atom. The van der Waals surface area contributed by atoms with Crippen molar-refractivity contribution >= 4 is 17.5 Å². The van der Waals surface area contributed by atoms with E-state index < -0.39 is 0 Å². The van der Waals surface area contributed by atoms with E-state index in [1.807, 2.05) is 18.2 Å². The predicted molar refractivity (Wildman–Crippen MR) is 91.0 cm³/mol. The van der Waals surface area contributed by atoms with Crippen LogP contribution in [0.3, 0.4) is 0 Å². The lowest BCUT2D eigenvalue weighted by atomic mass is 10.1. The van der Waals surface area contributed by atoms with Crippen molar-refractivity contribution in [3.05, 3.63) is 42.5 Å². The lowest BCUT2D eigenvalue weighted by molar-refractivity contribution is -0.117. The number of thioether (sulfide) groups is 1. The maximum absolute atomic E-state index is 11.0. The lowest BCUT2D eigenvalue weighted by Gasteiger charge is -2.08. The van der Waals surface area contributed by atoms with Crippen LogP contribution in [0.15, 0.2) is 42.1 Å². The third-order valence-electron chi connectivity index (χ3n) is 3.21. The molecule has 0 radical (unpaired) electrons. The van der Waals surface area contributed by atoms with Gasteiger partial charge in [-0.2, -0.15) is 0 Å². The zero-order valence-corrected chi connectivity index (χ0v) is 13.9. The number of aromatic nitrogens is 3. The van der Waals surface area contributed by atoms with Crippen LogP contribution in [-0.4, -0.2) is 26.3 Å². The third-order valence-corrected chi connectivity index (χ3v) is 4.26. The number of ketones is 1. The number of allylic oxidation sites excluding steroid dienone is 1. The van der Waals surface area contributed by atoms with E-state index in [-0.39, 0.29) is 5.78 Å². The van der Waals surface area contributed by atoms with E-state index in [0.29, 0.717) is 13.0 Å². The molecule has 1 aromatic heterocycles. The molecule has 0 bridgehead atoms. The Morgan fingerprint density at radius 2 is 2.23 bits per heavy atom. The third kappa shape index (κ3) is 4.31. The second kappa shape index (κ2) is 7.94. The SMILES string of the molecule is C=CCn1c(SCCCC(C)=O)nnc1-c1cccc(C)c1. The number of Topliss-reactive ketones (excluding diaryl/α,β-unsaturated/α-hetero) is 1. The topological polar surface area (TPSA) is 47.8 Å². The Balaban J connectivity index is 2.18. The molecule has 2 aromatic rings. The first-order valence-corrected chi connectivity index (χ1v) is 8.33. The predicted octanol–water partition coefficient (Wildman–Crippen LogP) is 3.90. The van der Waals surface area contributed by atoms with Crippen LogP contribution in [-0.2, 0) is 11.3 Å². The van der Waals surface area contributed by atoms with Crippen LogP contribution >= 0.6 is 11.8 Å². The number of carbonyl (C=O) groups excluding carboxylic acids is 1. The van der Waals surface area contributed by atoms with Crippen molar-refractivity contribution in [3.8, 4) is 11.4 Å². The molecular formula is C17H21N3OS. The molecule has 0 aliphatic rings. The first-order valence-electron chi connectivity index (χ1n) is 7.35. The van der Waals surface area contributed by atoms with E-state index >= 15 is 0 Å². The van der Waals surface area contributed by atoms with Crippen molar-refractivity contribution in [1.29, 1.82) is 0 Å². The number of aryl methyl sites for hydroxylation is 1. The molecule has 1 heterocycles. The molecule has 0 aliphatic heterocycles. The van der Waals surface area contributed by atoms with Gasteiger partial charge < -0.3 is 4.79 Å². The second-order valence-electron chi connectivity index (χ2n) is 5.23. The summed E-state index contributed by atoms with van der Waals surface area (Å²) in [5, 5.41) is 9.51. The highest BCUT2D eigenvalue weighted by molar-refractivity contribution is 7.99. The summed E-state index contributed by atoms with van der Waals surface area (Å²) < 4.78 is 2.07.